The molecule has 5 heteroatoms. The fourth-order valence-electron chi connectivity index (χ4n) is 1.78. The third-order valence-corrected chi connectivity index (χ3v) is 8.38. The lowest BCUT2D eigenvalue weighted by atomic mass is 10.1. The second-order valence-corrected chi connectivity index (χ2v) is 11.4. The molecule has 0 aromatic carbocycles. The summed E-state index contributed by atoms with van der Waals surface area (Å²) in [6.45, 7) is 12.7. The summed E-state index contributed by atoms with van der Waals surface area (Å²) < 4.78 is 11.1. The molecule has 0 heterocycles. The van der Waals surface area contributed by atoms with Crippen LogP contribution in [-0.2, 0) is 18.8 Å². The average Bonchev–Trinajstić information content (AvgIpc) is 2.60. The van der Waals surface area contributed by atoms with Crippen LogP contribution in [0.1, 0.15) is 47.0 Å². The van der Waals surface area contributed by atoms with Gasteiger partial charge in [0, 0.05) is 6.42 Å². The maximum Gasteiger partial charge on any atom is 0.310 e. The zero-order valence-corrected chi connectivity index (χ0v) is 14.5. The Bertz CT molecular complexity index is 430. The van der Waals surface area contributed by atoms with Gasteiger partial charge >= 0.3 is 5.97 Å². The van der Waals surface area contributed by atoms with Crippen molar-refractivity contribution in [1.82, 2.24) is 0 Å². The molecule has 0 fully saturated rings. The molecule has 0 aliphatic heterocycles. The number of rotatable bonds is 5. The van der Waals surface area contributed by atoms with Crippen LogP contribution in [0.4, 0.5) is 0 Å². The second kappa shape index (κ2) is 6.12. The zero-order valence-electron chi connectivity index (χ0n) is 13.5. The fraction of sp³-hybridized carbons (Fsp3) is 0.733. The van der Waals surface area contributed by atoms with Crippen molar-refractivity contribution in [1.29, 1.82) is 0 Å². The first-order valence-electron chi connectivity index (χ1n) is 7.18. The molecule has 1 aliphatic rings. The highest BCUT2D eigenvalue weighted by Crippen LogP contribution is 2.40. The SMILES string of the molecule is CCOC(=O)CC1=C(O[Si](C)(C)C(C)(C)C)C(=O)CC1. The van der Waals surface area contributed by atoms with Crippen LogP contribution >= 0.6 is 0 Å². The first kappa shape index (κ1) is 16.9. The molecule has 0 saturated carbocycles. The zero-order chi connectivity index (χ0) is 15.6. The number of ether oxygens (including phenoxy) is 1. The molecule has 0 bridgehead atoms. The molecule has 1 aliphatic carbocycles. The third-order valence-electron chi connectivity index (χ3n) is 4.05. The highest BCUT2D eigenvalue weighted by Gasteiger charge is 2.42. The smallest absolute Gasteiger partial charge is 0.310 e. The summed E-state index contributed by atoms with van der Waals surface area (Å²) in [4.78, 5) is 23.6. The topological polar surface area (TPSA) is 52.6 Å². The van der Waals surface area contributed by atoms with Gasteiger partial charge < -0.3 is 9.16 Å². The fourth-order valence-corrected chi connectivity index (χ4v) is 2.86. The van der Waals surface area contributed by atoms with Crippen LogP contribution < -0.4 is 0 Å². The van der Waals surface area contributed by atoms with Crippen LogP contribution in [0.3, 0.4) is 0 Å². The molecule has 1 rings (SSSR count). The maximum absolute atomic E-state index is 12.0. The monoisotopic (exact) mass is 298 g/mol. The van der Waals surface area contributed by atoms with Crippen molar-refractivity contribution in [2.24, 2.45) is 0 Å². The van der Waals surface area contributed by atoms with Crippen LogP contribution in [0.15, 0.2) is 11.3 Å². The van der Waals surface area contributed by atoms with Gasteiger partial charge in [-0.15, -0.1) is 0 Å². The number of esters is 1. The molecule has 0 atom stereocenters. The normalized spacial score (nSPS) is 16.6. The van der Waals surface area contributed by atoms with E-state index in [1.54, 1.807) is 6.92 Å². The van der Waals surface area contributed by atoms with E-state index in [9.17, 15) is 9.59 Å². The molecule has 0 amide bonds. The Morgan fingerprint density at radius 3 is 2.35 bits per heavy atom. The summed E-state index contributed by atoms with van der Waals surface area (Å²) in [7, 11) is -2.05. The van der Waals surface area contributed by atoms with E-state index >= 15 is 0 Å². The second-order valence-electron chi connectivity index (χ2n) is 6.70. The molecule has 0 N–H and O–H groups in total. The molecular weight excluding hydrogens is 272 g/mol. The Morgan fingerprint density at radius 2 is 1.85 bits per heavy atom. The summed E-state index contributed by atoms with van der Waals surface area (Å²) in [6.07, 6.45) is 1.23. The van der Waals surface area contributed by atoms with E-state index in [-0.39, 0.29) is 23.2 Å². The number of hydrogen-bond donors (Lipinski definition) is 0. The van der Waals surface area contributed by atoms with Gasteiger partial charge in [-0.2, -0.15) is 0 Å². The van der Waals surface area contributed by atoms with Gasteiger partial charge in [-0.1, -0.05) is 20.8 Å². The summed E-state index contributed by atoms with van der Waals surface area (Å²) in [6, 6.07) is 0. The van der Waals surface area contributed by atoms with Crippen LogP contribution in [0.2, 0.25) is 18.1 Å². The number of allylic oxidation sites excluding steroid dienone is 1. The molecule has 0 radical (unpaired) electrons. The number of carbonyl (C=O) groups excluding carboxylic acids is 2. The lowest BCUT2D eigenvalue weighted by Gasteiger charge is -2.36. The number of ketones is 1. The Morgan fingerprint density at radius 1 is 1.25 bits per heavy atom. The van der Waals surface area contributed by atoms with E-state index in [1.807, 2.05) is 0 Å². The van der Waals surface area contributed by atoms with Crippen molar-refractivity contribution in [3.05, 3.63) is 11.3 Å². The van der Waals surface area contributed by atoms with Crippen molar-refractivity contribution >= 4 is 20.1 Å². The number of carbonyl (C=O) groups is 2. The van der Waals surface area contributed by atoms with Gasteiger partial charge in [0.15, 0.2) is 5.78 Å². The van der Waals surface area contributed by atoms with E-state index in [2.05, 4.69) is 33.9 Å². The van der Waals surface area contributed by atoms with Gasteiger partial charge in [0.2, 0.25) is 0 Å². The first-order chi connectivity index (χ1) is 9.08. The minimum absolute atomic E-state index is 0.0223. The lowest BCUT2D eigenvalue weighted by molar-refractivity contribution is -0.142. The molecule has 0 unspecified atom stereocenters. The predicted molar refractivity (Wildman–Crippen MR) is 80.8 cm³/mol. The maximum atomic E-state index is 12.0. The summed E-state index contributed by atoms with van der Waals surface area (Å²) in [5, 5.41) is 0.0257. The Labute approximate surface area is 122 Å². The molecule has 0 saturated heterocycles. The number of hydrogen-bond acceptors (Lipinski definition) is 4. The number of Topliss-reactive ketones (excluding diaryl/α,β-unsaturated/α-hetero) is 1. The van der Waals surface area contributed by atoms with Gasteiger partial charge in [-0.25, -0.2) is 0 Å². The van der Waals surface area contributed by atoms with Gasteiger partial charge in [0.1, 0.15) is 5.76 Å². The van der Waals surface area contributed by atoms with Gasteiger partial charge in [-0.3, -0.25) is 9.59 Å². The van der Waals surface area contributed by atoms with Gasteiger partial charge in [-0.05, 0) is 37.0 Å². The van der Waals surface area contributed by atoms with Gasteiger partial charge in [0.25, 0.3) is 8.32 Å². The van der Waals surface area contributed by atoms with Crippen molar-refractivity contribution in [3.63, 3.8) is 0 Å². The molecule has 0 aromatic rings. The summed E-state index contributed by atoms with van der Waals surface area (Å²) in [5.74, 6) is 0.173. The van der Waals surface area contributed by atoms with Gasteiger partial charge in [0.05, 0.1) is 13.0 Å². The minimum Gasteiger partial charge on any atom is -0.541 e. The summed E-state index contributed by atoms with van der Waals surface area (Å²) in [5.41, 5.74) is 0.804. The highest BCUT2D eigenvalue weighted by molar-refractivity contribution is 6.74. The molecule has 114 valence electrons. The predicted octanol–water partition coefficient (Wildman–Crippen LogP) is 3.58. The standard InChI is InChI=1S/C15H26O4Si/c1-7-18-13(17)10-11-8-9-12(16)14(11)19-20(5,6)15(2,3)4/h7-10H2,1-6H3. The molecule has 20 heavy (non-hydrogen) atoms. The van der Waals surface area contributed by atoms with Crippen molar-refractivity contribution < 1.29 is 18.8 Å². The van der Waals surface area contributed by atoms with Crippen LogP contribution in [0.5, 0.6) is 0 Å². The molecule has 0 spiro atoms. The largest absolute Gasteiger partial charge is 0.541 e. The minimum atomic E-state index is -2.05. The van der Waals surface area contributed by atoms with E-state index < -0.39 is 8.32 Å². The average molecular weight is 298 g/mol. The summed E-state index contributed by atoms with van der Waals surface area (Å²) >= 11 is 0. The quantitative estimate of drug-likeness (QED) is 0.575. The van der Waals surface area contributed by atoms with Crippen molar-refractivity contribution in [3.8, 4) is 0 Å². The Kier molecular flexibility index (Phi) is 5.19. The van der Waals surface area contributed by atoms with Crippen LogP contribution in [0.25, 0.3) is 0 Å². The van der Waals surface area contributed by atoms with Crippen molar-refractivity contribution in [2.75, 3.05) is 6.61 Å². The lowest BCUT2D eigenvalue weighted by Crippen LogP contribution is -2.41. The van der Waals surface area contributed by atoms with E-state index in [4.69, 9.17) is 9.16 Å². The molecule has 4 nitrogen and oxygen atoms in total. The van der Waals surface area contributed by atoms with Crippen LogP contribution in [-0.4, -0.2) is 26.7 Å². The molecular formula is C15H26O4Si. The highest BCUT2D eigenvalue weighted by atomic mass is 28.4. The van der Waals surface area contributed by atoms with E-state index in [0.717, 1.165) is 5.57 Å². The van der Waals surface area contributed by atoms with Crippen LogP contribution in [0, 0.1) is 0 Å². The van der Waals surface area contributed by atoms with E-state index in [1.165, 1.54) is 0 Å². The molecule has 0 aromatic heterocycles. The Hall–Kier alpha value is -1.10. The third kappa shape index (κ3) is 3.95. The van der Waals surface area contributed by atoms with E-state index in [0.29, 0.717) is 25.2 Å². The first-order valence-corrected chi connectivity index (χ1v) is 10.1. The van der Waals surface area contributed by atoms with Crippen molar-refractivity contribution in [2.45, 2.75) is 65.1 Å². The Balaban J connectivity index is 2.92.